The number of hydrogen-bond acceptors (Lipinski definition) is 4. The predicted molar refractivity (Wildman–Crippen MR) is 164 cm³/mol. The van der Waals surface area contributed by atoms with Gasteiger partial charge < -0.3 is 10.2 Å². The second-order valence-corrected chi connectivity index (χ2v) is 13.3. The molecule has 10 heteroatoms. The summed E-state index contributed by atoms with van der Waals surface area (Å²) >= 11 is 12.1. The minimum Gasteiger partial charge on any atom is -0.352 e. The molecule has 0 bridgehead atoms. The Morgan fingerprint density at radius 1 is 0.902 bits per heavy atom. The Balaban J connectivity index is 1.70. The van der Waals surface area contributed by atoms with E-state index in [0.29, 0.717) is 15.7 Å². The molecule has 1 fully saturated rings. The number of amides is 2. The van der Waals surface area contributed by atoms with Gasteiger partial charge in [0.1, 0.15) is 12.6 Å². The fourth-order valence-corrected chi connectivity index (χ4v) is 6.56. The number of nitrogens with zero attached hydrogens (tertiary/aromatic N) is 2. The van der Waals surface area contributed by atoms with Crippen molar-refractivity contribution >= 4 is 50.7 Å². The summed E-state index contributed by atoms with van der Waals surface area (Å²) in [5.74, 6) is -0.776. The molecule has 1 aliphatic carbocycles. The van der Waals surface area contributed by atoms with E-state index in [1.807, 2.05) is 19.9 Å². The SMILES string of the molecule is Cc1ccc(N(CC(=O)N(Cc2ccc(Cl)cc2)[C@H](C)C(=O)NC2CCCC2)S(=O)(=O)c2ccc(Cl)cc2)cc1C. The molecule has 0 aromatic heterocycles. The van der Waals surface area contributed by atoms with Gasteiger partial charge in [0.15, 0.2) is 0 Å². The lowest BCUT2D eigenvalue weighted by Crippen LogP contribution is -2.52. The van der Waals surface area contributed by atoms with E-state index in [1.54, 1.807) is 43.3 Å². The van der Waals surface area contributed by atoms with Gasteiger partial charge in [-0.1, -0.05) is 54.2 Å². The summed E-state index contributed by atoms with van der Waals surface area (Å²) in [6, 6.07) is 17.3. The fourth-order valence-electron chi connectivity index (χ4n) is 4.90. The molecule has 1 aliphatic rings. The third kappa shape index (κ3) is 7.61. The van der Waals surface area contributed by atoms with Crippen molar-refractivity contribution in [1.29, 1.82) is 0 Å². The lowest BCUT2D eigenvalue weighted by Gasteiger charge is -2.32. The second-order valence-electron chi connectivity index (χ2n) is 10.5. The number of nitrogens with one attached hydrogen (secondary N) is 1. The first-order valence-electron chi connectivity index (χ1n) is 13.7. The maximum absolute atomic E-state index is 14.1. The Morgan fingerprint density at radius 2 is 1.49 bits per heavy atom. The van der Waals surface area contributed by atoms with Gasteiger partial charge in [0.25, 0.3) is 10.0 Å². The number of benzene rings is 3. The molecule has 1 saturated carbocycles. The minimum absolute atomic E-state index is 0.00389. The van der Waals surface area contributed by atoms with Crippen molar-refractivity contribution in [3.63, 3.8) is 0 Å². The van der Waals surface area contributed by atoms with Crippen LogP contribution in [0.1, 0.15) is 49.3 Å². The van der Waals surface area contributed by atoms with Crippen LogP contribution in [0.25, 0.3) is 0 Å². The van der Waals surface area contributed by atoms with Gasteiger partial charge >= 0.3 is 0 Å². The zero-order valence-corrected chi connectivity index (χ0v) is 25.8. The van der Waals surface area contributed by atoms with E-state index in [1.165, 1.54) is 29.2 Å². The van der Waals surface area contributed by atoms with Crippen LogP contribution in [-0.4, -0.2) is 43.8 Å². The Kier molecular flexibility index (Phi) is 10.00. The number of sulfonamides is 1. The summed E-state index contributed by atoms with van der Waals surface area (Å²) < 4.78 is 29.0. The highest BCUT2D eigenvalue weighted by molar-refractivity contribution is 7.92. The topological polar surface area (TPSA) is 86.8 Å². The molecule has 0 saturated heterocycles. The number of carbonyl (C=O) groups is 2. The normalized spacial score (nSPS) is 14.5. The highest BCUT2D eigenvalue weighted by atomic mass is 35.5. The summed E-state index contributed by atoms with van der Waals surface area (Å²) in [6.07, 6.45) is 3.92. The van der Waals surface area contributed by atoms with Gasteiger partial charge in [-0.3, -0.25) is 13.9 Å². The molecule has 4 rings (SSSR count). The molecule has 7 nitrogen and oxygen atoms in total. The monoisotopic (exact) mass is 615 g/mol. The molecular formula is C31H35Cl2N3O4S. The van der Waals surface area contributed by atoms with E-state index in [9.17, 15) is 18.0 Å². The van der Waals surface area contributed by atoms with Crippen molar-refractivity contribution in [2.75, 3.05) is 10.8 Å². The van der Waals surface area contributed by atoms with E-state index >= 15 is 0 Å². The van der Waals surface area contributed by atoms with Gasteiger partial charge in [0, 0.05) is 22.6 Å². The third-order valence-corrected chi connectivity index (χ3v) is 9.89. The highest BCUT2D eigenvalue weighted by Gasteiger charge is 2.33. The first-order chi connectivity index (χ1) is 19.5. The van der Waals surface area contributed by atoms with E-state index < -0.39 is 28.5 Å². The molecule has 41 heavy (non-hydrogen) atoms. The average Bonchev–Trinajstić information content (AvgIpc) is 3.45. The molecule has 0 unspecified atom stereocenters. The molecule has 0 aliphatic heterocycles. The van der Waals surface area contributed by atoms with E-state index in [2.05, 4.69) is 5.32 Å². The summed E-state index contributed by atoms with van der Waals surface area (Å²) in [6.45, 7) is 5.10. The number of anilines is 1. The van der Waals surface area contributed by atoms with E-state index in [-0.39, 0.29) is 23.4 Å². The maximum Gasteiger partial charge on any atom is 0.264 e. The van der Waals surface area contributed by atoms with Crippen LogP contribution in [-0.2, 0) is 26.2 Å². The predicted octanol–water partition coefficient (Wildman–Crippen LogP) is 6.28. The van der Waals surface area contributed by atoms with Crippen LogP contribution < -0.4 is 9.62 Å². The first kappa shape index (κ1) is 30.9. The Morgan fingerprint density at radius 3 is 2.07 bits per heavy atom. The molecule has 0 heterocycles. The van der Waals surface area contributed by atoms with Crippen LogP contribution in [0.4, 0.5) is 5.69 Å². The standard InChI is InChI=1S/C31H35Cl2N3O4S/c1-21-8-15-28(18-22(21)2)36(41(39,40)29-16-13-26(33)14-17-29)20-30(37)35(19-24-9-11-25(32)12-10-24)23(3)31(38)34-27-6-4-5-7-27/h8-18,23,27H,4-7,19-20H2,1-3H3,(H,34,38)/t23-/m1/s1. The van der Waals surface area contributed by atoms with Gasteiger partial charge in [-0.2, -0.15) is 0 Å². The van der Waals surface area contributed by atoms with Crippen LogP contribution in [0.3, 0.4) is 0 Å². The maximum atomic E-state index is 14.1. The molecule has 3 aromatic rings. The van der Waals surface area contributed by atoms with Crippen LogP contribution in [0.2, 0.25) is 10.0 Å². The lowest BCUT2D eigenvalue weighted by atomic mass is 10.1. The van der Waals surface area contributed by atoms with Crippen LogP contribution >= 0.6 is 23.2 Å². The van der Waals surface area contributed by atoms with Crippen molar-refractivity contribution in [2.45, 2.75) is 70.0 Å². The first-order valence-corrected chi connectivity index (χ1v) is 15.8. The molecule has 2 amide bonds. The van der Waals surface area contributed by atoms with Crippen LogP contribution in [0.5, 0.6) is 0 Å². The lowest BCUT2D eigenvalue weighted by molar-refractivity contribution is -0.139. The molecule has 218 valence electrons. The van der Waals surface area contributed by atoms with Crippen molar-refractivity contribution < 1.29 is 18.0 Å². The van der Waals surface area contributed by atoms with Crippen LogP contribution in [0.15, 0.2) is 71.6 Å². The minimum atomic E-state index is -4.16. The number of rotatable bonds is 10. The summed E-state index contributed by atoms with van der Waals surface area (Å²) in [7, 11) is -4.16. The second kappa shape index (κ2) is 13.3. The number of carbonyl (C=O) groups excluding carboxylic acids is 2. The molecule has 1 atom stereocenters. The zero-order valence-electron chi connectivity index (χ0n) is 23.4. The highest BCUT2D eigenvalue weighted by Crippen LogP contribution is 2.27. The number of halogens is 2. The van der Waals surface area contributed by atoms with Gasteiger partial charge in [0.05, 0.1) is 10.6 Å². The smallest absolute Gasteiger partial charge is 0.264 e. The van der Waals surface area contributed by atoms with Gasteiger partial charge in [0.2, 0.25) is 11.8 Å². The summed E-state index contributed by atoms with van der Waals surface area (Å²) in [5, 5.41) is 4.02. The van der Waals surface area contributed by atoms with Crippen molar-refractivity contribution in [3.8, 4) is 0 Å². The van der Waals surface area contributed by atoms with Gasteiger partial charge in [-0.05, 0) is 98.8 Å². The zero-order chi connectivity index (χ0) is 29.7. The molecule has 1 N–H and O–H groups in total. The van der Waals surface area contributed by atoms with Crippen molar-refractivity contribution in [3.05, 3.63) is 93.5 Å². The Labute approximate surface area is 252 Å². The Bertz CT molecular complexity index is 1490. The Hall–Kier alpha value is -3.07. The van der Waals surface area contributed by atoms with Crippen molar-refractivity contribution in [1.82, 2.24) is 10.2 Å². The summed E-state index contributed by atoms with van der Waals surface area (Å²) in [4.78, 5) is 28.8. The van der Waals surface area contributed by atoms with Crippen molar-refractivity contribution in [2.24, 2.45) is 0 Å². The van der Waals surface area contributed by atoms with E-state index in [0.717, 1.165) is 46.7 Å². The molecule has 0 radical (unpaired) electrons. The van der Waals surface area contributed by atoms with E-state index in [4.69, 9.17) is 23.2 Å². The van der Waals surface area contributed by atoms with Gasteiger partial charge in [-0.25, -0.2) is 8.42 Å². The van der Waals surface area contributed by atoms with Gasteiger partial charge in [-0.15, -0.1) is 0 Å². The third-order valence-electron chi connectivity index (χ3n) is 7.59. The molecule has 3 aromatic carbocycles. The largest absolute Gasteiger partial charge is 0.352 e. The average molecular weight is 617 g/mol. The molecular weight excluding hydrogens is 581 g/mol. The molecule has 0 spiro atoms. The summed E-state index contributed by atoms with van der Waals surface area (Å²) in [5.41, 5.74) is 2.99. The number of hydrogen-bond donors (Lipinski definition) is 1. The van der Waals surface area contributed by atoms with Crippen LogP contribution in [0, 0.1) is 13.8 Å². The fraction of sp³-hybridized carbons (Fsp3) is 0.355. The number of aryl methyl sites for hydroxylation is 2. The quantitative estimate of drug-likeness (QED) is 0.291.